The molecule has 0 N–H and O–H groups in total. The highest BCUT2D eigenvalue weighted by Gasteiger charge is 2.25. The third-order valence-corrected chi connectivity index (χ3v) is 4.47. The zero-order valence-electron chi connectivity index (χ0n) is 12.0. The van der Waals surface area contributed by atoms with E-state index in [1.807, 2.05) is 45.9 Å². The summed E-state index contributed by atoms with van der Waals surface area (Å²) in [4.78, 5) is 17.4. The fourth-order valence-corrected chi connectivity index (χ4v) is 3.01. The summed E-state index contributed by atoms with van der Waals surface area (Å²) in [6.45, 7) is 7.68. The lowest BCUT2D eigenvalue weighted by atomic mass is 9.92. The second-order valence-electron chi connectivity index (χ2n) is 4.92. The number of rotatable bonds is 3. The summed E-state index contributed by atoms with van der Waals surface area (Å²) in [5.41, 5.74) is 3.71. The van der Waals surface area contributed by atoms with Crippen molar-refractivity contribution in [1.82, 2.24) is 4.98 Å². The average molecular weight is 284 g/mol. The maximum absolute atomic E-state index is 12.6. The van der Waals surface area contributed by atoms with E-state index in [0.29, 0.717) is 10.6 Å². The second kappa shape index (κ2) is 5.56. The molecule has 0 aliphatic carbocycles. The van der Waals surface area contributed by atoms with Crippen LogP contribution in [0.4, 0.5) is 0 Å². The van der Waals surface area contributed by atoms with Crippen molar-refractivity contribution in [2.75, 3.05) is 0 Å². The Bertz CT molecular complexity index is 710. The normalized spacial score (nSPS) is 11.9. The van der Waals surface area contributed by atoms with Gasteiger partial charge in [0.2, 0.25) is 0 Å². The lowest BCUT2D eigenvalue weighted by molar-refractivity contribution is 0.0982. The maximum Gasteiger partial charge on any atom is 0.196 e. The van der Waals surface area contributed by atoms with Crippen molar-refractivity contribution in [3.8, 4) is 6.07 Å². The number of benzene rings is 1. The van der Waals surface area contributed by atoms with Crippen molar-refractivity contribution < 1.29 is 4.79 Å². The summed E-state index contributed by atoms with van der Waals surface area (Å²) in [6.07, 6.45) is 0. The molecule has 0 bridgehead atoms. The number of nitriles is 1. The van der Waals surface area contributed by atoms with Gasteiger partial charge < -0.3 is 0 Å². The van der Waals surface area contributed by atoms with Crippen LogP contribution in [0.3, 0.4) is 0 Å². The van der Waals surface area contributed by atoms with E-state index in [2.05, 4.69) is 11.1 Å². The predicted octanol–water partition coefficient (Wildman–Crippen LogP) is 3.87. The fourth-order valence-electron chi connectivity index (χ4n) is 2.12. The van der Waals surface area contributed by atoms with Crippen molar-refractivity contribution in [3.05, 3.63) is 50.5 Å². The minimum absolute atomic E-state index is 0.154. The third-order valence-electron chi connectivity index (χ3n) is 3.38. The van der Waals surface area contributed by atoms with Crippen molar-refractivity contribution in [3.63, 3.8) is 0 Å². The fraction of sp³-hybridized carbons (Fsp3) is 0.312. The average Bonchev–Trinajstić information content (AvgIpc) is 2.73. The summed E-state index contributed by atoms with van der Waals surface area (Å²) in [6, 6.07) is 7.86. The van der Waals surface area contributed by atoms with Gasteiger partial charge in [-0.1, -0.05) is 18.2 Å². The Morgan fingerprint density at radius 3 is 2.45 bits per heavy atom. The van der Waals surface area contributed by atoms with Gasteiger partial charge in [-0.15, -0.1) is 11.3 Å². The Kier molecular flexibility index (Phi) is 4.01. The van der Waals surface area contributed by atoms with Crippen LogP contribution in [0.2, 0.25) is 0 Å². The summed E-state index contributed by atoms with van der Waals surface area (Å²) in [5.74, 6) is -0.910. The Morgan fingerprint density at radius 2 is 1.95 bits per heavy atom. The molecule has 20 heavy (non-hydrogen) atoms. The van der Waals surface area contributed by atoms with E-state index >= 15 is 0 Å². The minimum Gasteiger partial charge on any atom is -0.291 e. The number of aromatic nitrogens is 1. The van der Waals surface area contributed by atoms with Gasteiger partial charge in [0, 0.05) is 0 Å². The van der Waals surface area contributed by atoms with Gasteiger partial charge in [0.15, 0.2) is 5.78 Å². The van der Waals surface area contributed by atoms with E-state index < -0.39 is 5.92 Å². The van der Waals surface area contributed by atoms with Crippen molar-refractivity contribution >= 4 is 17.1 Å². The molecule has 0 saturated carbocycles. The van der Waals surface area contributed by atoms with Gasteiger partial charge in [-0.05, 0) is 44.4 Å². The molecule has 0 saturated heterocycles. The van der Waals surface area contributed by atoms with Gasteiger partial charge >= 0.3 is 0 Å². The molecule has 102 valence electrons. The molecule has 1 heterocycles. The highest BCUT2D eigenvalue weighted by Crippen LogP contribution is 2.27. The van der Waals surface area contributed by atoms with Crippen LogP contribution in [0.5, 0.6) is 0 Å². The molecule has 1 unspecified atom stereocenters. The topological polar surface area (TPSA) is 53.8 Å². The summed E-state index contributed by atoms with van der Waals surface area (Å²) in [5, 5.41) is 10.2. The molecule has 2 aromatic rings. The molecule has 0 spiro atoms. The Labute approximate surface area is 122 Å². The highest BCUT2D eigenvalue weighted by atomic mass is 32.1. The van der Waals surface area contributed by atoms with Crippen molar-refractivity contribution in [1.29, 1.82) is 5.26 Å². The summed E-state index contributed by atoms with van der Waals surface area (Å²) >= 11 is 1.36. The smallest absolute Gasteiger partial charge is 0.196 e. The molecule has 1 atom stereocenters. The number of Topliss-reactive ketones (excluding diaryl/α,β-unsaturated/α-hetero) is 1. The molecule has 0 amide bonds. The van der Waals surface area contributed by atoms with Crippen LogP contribution in [0.25, 0.3) is 0 Å². The minimum atomic E-state index is -0.757. The van der Waals surface area contributed by atoms with Crippen LogP contribution in [0.15, 0.2) is 18.2 Å². The van der Waals surface area contributed by atoms with Gasteiger partial charge in [-0.3, -0.25) is 4.79 Å². The van der Waals surface area contributed by atoms with Gasteiger partial charge in [-0.25, -0.2) is 4.98 Å². The SMILES string of the molecule is Cc1nc(C)c(C(=O)C(C#N)c2ccc(C)c(C)c2)s1. The van der Waals surface area contributed by atoms with Crippen molar-refractivity contribution in [2.45, 2.75) is 33.6 Å². The number of ketones is 1. The van der Waals surface area contributed by atoms with Crippen LogP contribution in [0, 0.1) is 39.0 Å². The summed E-state index contributed by atoms with van der Waals surface area (Å²) < 4.78 is 0. The van der Waals surface area contributed by atoms with E-state index in [9.17, 15) is 10.1 Å². The molecule has 0 fully saturated rings. The zero-order valence-corrected chi connectivity index (χ0v) is 12.8. The molecule has 0 aliphatic rings. The number of aryl methyl sites for hydroxylation is 4. The zero-order chi connectivity index (χ0) is 14.9. The van der Waals surface area contributed by atoms with E-state index in [1.165, 1.54) is 11.3 Å². The number of hydrogen-bond acceptors (Lipinski definition) is 4. The standard InChI is InChI=1S/C16H16N2OS/c1-9-5-6-13(7-10(9)2)14(8-17)15(19)16-11(3)18-12(4)20-16/h5-7,14H,1-4H3. The number of carbonyl (C=O) groups is 1. The Morgan fingerprint density at radius 1 is 1.25 bits per heavy atom. The predicted molar refractivity (Wildman–Crippen MR) is 80.2 cm³/mol. The van der Waals surface area contributed by atoms with Crippen LogP contribution in [0.1, 0.15) is 43.0 Å². The number of thiazole rings is 1. The second-order valence-corrected chi connectivity index (χ2v) is 6.12. The van der Waals surface area contributed by atoms with Gasteiger partial charge in [0.1, 0.15) is 5.92 Å². The molecular formula is C16H16N2OS. The van der Waals surface area contributed by atoms with E-state index in [4.69, 9.17) is 0 Å². The third kappa shape index (κ3) is 2.63. The monoisotopic (exact) mass is 284 g/mol. The molecule has 0 radical (unpaired) electrons. The largest absolute Gasteiger partial charge is 0.291 e. The molecule has 1 aromatic carbocycles. The Balaban J connectivity index is 2.42. The molecule has 2 rings (SSSR count). The molecule has 1 aromatic heterocycles. The van der Waals surface area contributed by atoms with Crippen LogP contribution < -0.4 is 0 Å². The van der Waals surface area contributed by atoms with Gasteiger partial charge in [0.25, 0.3) is 0 Å². The van der Waals surface area contributed by atoms with Gasteiger partial charge in [-0.2, -0.15) is 5.26 Å². The number of hydrogen-bond donors (Lipinski definition) is 0. The molecule has 4 heteroatoms. The number of carbonyl (C=O) groups excluding carboxylic acids is 1. The first-order valence-electron chi connectivity index (χ1n) is 6.39. The Hall–Kier alpha value is -1.99. The lowest BCUT2D eigenvalue weighted by Crippen LogP contribution is -2.11. The first kappa shape index (κ1) is 14.4. The molecular weight excluding hydrogens is 268 g/mol. The van der Waals surface area contributed by atoms with E-state index in [-0.39, 0.29) is 5.78 Å². The first-order valence-corrected chi connectivity index (χ1v) is 7.20. The maximum atomic E-state index is 12.6. The van der Waals surface area contributed by atoms with E-state index in [0.717, 1.165) is 21.7 Å². The lowest BCUT2D eigenvalue weighted by Gasteiger charge is -2.10. The molecule has 3 nitrogen and oxygen atoms in total. The van der Waals surface area contributed by atoms with E-state index in [1.54, 1.807) is 0 Å². The number of nitrogens with zero attached hydrogens (tertiary/aromatic N) is 2. The van der Waals surface area contributed by atoms with Crippen LogP contribution in [-0.4, -0.2) is 10.8 Å². The van der Waals surface area contributed by atoms with Crippen LogP contribution >= 0.6 is 11.3 Å². The molecule has 0 aliphatic heterocycles. The summed E-state index contributed by atoms with van der Waals surface area (Å²) in [7, 11) is 0. The quantitative estimate of drug-likeness (QED) is 0.804. The van der Waals surface area contributed by atoms with Crippen LogP contribution in [-0.2, 0) is 0 Å². The van der Waals surface area contributed by atoms with Crippen molar-refractivity contribution in [2.24, 2.45) is 0 Å². The highest BCUT2D eigenvalue weighted by molar-refractivity contribution is 7.13. The first-order chi connectivity index (χ1) is 9.43. The van der Waals surface area contributed by atoms with Gasteiger partial charge in [0.05, 0.1) is 21.6 Å².